The number of nitrogens with zero attached hydrogens (tertiary/aromatic N) is 3. The van der Waals surface area contributed by atoms with Crippen molar-refractivity contribution in [1.29, 1.82) is 0 Å². The molecule has 1 aromatic heterocycles. The van der Waals surface area contributed by atoms with E-state index in [9.17, 15) is 8.42 Å². The van der Waals surface area contributed by atoms with Crippen LogP contribution in [0.3, 0.4) is 0 Å². The molecule has 0 spiro atoms. The number of aryl methyl sites for hydroxylation is 1. The van der Waals surface area contributed by atoms with E-state index in [-0.39, 0.29) is 6.54 Å². The normalized spacial score (nSPS) is 12.3. The number of hydrogen-bond donors (Lipinski definition) is 0. The number of sulfonamides is 1. The van der Waals surface area contributed by atoms with Crippen LogP contribution in [0.4, 0.5) is 0 Å². The molecule has 86 valence electrons. The monoisotopic (exact) mass is 233 g/mol. The van der Waals surface area contributed by atoms with Crippen LogP contribution < -0.4 is 0 Å². The number of aromatic nitrogens is 2. The van der Waals surface area contributed by atoms with Gasteiger partial charge in [0.25, 0.3) is 0 Å². The van der Waals surface area contributed by atoms with Crippen molar-refractivity contribution in [1.82, 2.24) is 14.4 Å². The maximum Gasteiger partial charge on any atom is 0.226 e. The van der Waals surface area contributed by atoms with Gasteiger partial charge in [-0.2, -0.15) is 9.29 Å². The summed E-state index contributed by atoms with van der Waals surface area (Å²) in [5.74, 6) is 0.925. The molecule has 0 aliphatic heterocycles. The lowest BCUT2D eigenvalue weighted by Crippen LogP contribution is -2.29. The van der Waals surface area contributed by atoms with Gasteiger partial charge in [-0.1, -0.05) is 19.0 Å². The minimum Gasteiger partial charge on any atom is -0.339 e. The molecule has 0 fully saturated rings. The first kappa shape index (κ1) is 12.1. The summed E-state index contributed by atoms with van der Waals surface area (Å²) in [7, 11) is -3.20. The molecular weight excluding hydrogens is 218 g/mol. The van der Waals surface area contributed by atoms with Gasteiger partial charge in [0.1, 0.15) is 0 Å². The van der Waals surface area contributed by atoms with Crippen molar-refractivity contribution >= 4 is 10.0 Å². The quantitative estimate of drug-likeness (QED) is 0.736. The smallest absolute Gasteiger partial charge is 0.226 e. The van der Waals surface area contributed by atoms with Crippen molar-refractivity contribution in [2.45, 2.75) is 26.8 Å². The van der Waals surface area contributed by atoms with Crippen LogP contribution in [0.15, 0.2) is 4.52 Å². The molecule has 15 heavy (non-hydrogen) atoms. The Hall–Kier alpha value is -0.950. The minimum atomic E-state index is -3.20. The van der Waals surface area contributed by atoms with Gasteiger partial charge >= 0.3 is 0 Å². The fourth-order valence-electron chi connectivity index (χ4n) is 1.12. The fourth-order valence-corrected chi connectivity index (χ4v) is 1.94. The van der Waals surface area contributed by atoms with Gasteiger partial charge in [-0.3, -0.25) is 0 Å². The van der Waals surface area contributed by atoms with Gasteiger partial charge in [0.15, 0.2) is 5.82 Å². The van der Waals surface area contributed by atoms with Gasteiger partial charge in [0.05, 0.1) is 12.8 Å². The molecule has 6 nitrogen and oxygen atoms in total. The zero-order valence-corrected chi connectivity index (χ0v) is 9.91. The Labute approximate surface area is 89.3 Å². The second-order valence-corrected chi connectivity index (χ2v) is 5.13. The van der Waals surface area contributed by atoms with E-state index < -0.39 is 10.0 Å². The summed E-state index contributed by atoms with van der Waals surface area (Å²) in [5, 5.41) is 3.70. The van der Waals surface area contributed by atoms with Crippen LogP contribution in [0, 0.1) is 0 Å². The second-order valence-electron chi connectivity index (χ2n) is 3.15. The van der Waals surface area contributed by atoms with E-state index in [1.807, 2.05) is 6.92 Å². The third-order valence-electron chi connectivity index (χ3n) is 1.95. The van der Waals surface area contributed by atoms with Gasteiger partial charge in [0.2, 0.25) is 15.9 Å². The lowest BCUT2D eigenvalue weighted by molar-refractivity contribution is 0.362. The number of rotatable bonds is 5. The summed E-state index contributed by atoms with van der Waals surface area (Å²) < 4.78 is 28.7. The third-order valence-corrected chi connectivity index (χ3v) is 3.28. The van der Waals surface area contributed by atoms with Crippen LogP contribution in [0.25, 0.3) is 0 Å². The lowest BCUT2D eigenvalue weighted by atomic mass is 10.5. The molecule has 0 saturated heterocycles. The Bertz CT molecular complexity index is 413. The van der Waals surface area contributed by atoms with E-state index >= 15 is 0 Å². The highest BCUT2D eigenvalue weighted by molar-refractivity contribution is 7.88. The van der Waals surface area contributed by atoms with E-state index in [0.29, 0.717) is 24.7 Å². The van der Waals surface area contributed by atoms with Crippen LogP contribution >= 0.6 is 0 Å². The van der Waals surface area contributed by atoms with E-state index in [1.54, 1.807) is 6.92 Å². The summed E-state index contributed by atoms with van der Waals surface area (Å²) >= 11 is 0. The van der Waals surface area contributed by atoms with Crippen molar-refractivity contribution in [3.05, 3.63) is 11.7 Å². The average Bonchev–Trinajstić information content (AvgIpc) is 2.59. The molecule has 1 rings (SSSR count). The van der Waals surface area contributed by atoms with Crippen LogP contribution in [0.1, 0.15) is 25.6 Å². The summed E-state index contributed by atoms with van der Waals surface area (Å²) in [4.78, 5) is 4.05. The zero-order chi connectivity index (χ0) is 11.5. The van der Waals surface area contributed by atoms with Gasteiger partial charge in [-0.25, -0.2) is 8.42 Å². The van der Waals surface area contributed by atoms with Crippen molar-refractivity contribution in [3.63, 3.8) is 0 Å². The summed E-state index contributed by atoms with van der Waals surface area (Å²) in [6, 6.07) is 0. The Morgan fingerprint density at radius 3 is 2.47 bits per heavy atom. The van der Waals surface area contributed by atoms with E-state index in [0.717, 1.165) is 6.26 Å². The van der Waals surface area contributed by atoms with Gasteiger partial charge in [-0.15, -0.1) is 0 Å². The van der Waals surface area contributed by atoms with Crippen molar-refractivity contribution in [2.24, 2.45) is 0 Å². The molecule has 1 heterocycles. The molecule has 1 aromatic rings. The lowest BCUT2D eigenvalue weighted by Gasteiger charge is -2.14. The summed E-state index contributed by atoms with van der Waals surface area (Å²) in [6.45, 7) is 4.22. The molecule has 0 radical (unpaired) electrons. The SMILES string of the molecule is CCc1nc(CN(CC)S(C)(=O)=O)no1. The number of hydrogen-bond acceptors (Lipinski definition) is 5. The van der Waals surface area contributed by atoms with Crippen LogP contribution in [0.2, 0.25) is 0 Å². The van der Waals surface area contributed by atoms with E-state index in [2.05, 4.69) is 10.1 Å². The largest absolute Gasteiger partial charge is 0.339 e. The molecule has 0 bridgehead atoms. The predicted molar refractivity (Wildman–Crippen MR) is 54.6 cm³/mol. The van der Waals surface area contributed by atoms with Crippen molar-refractivity contribution in [2.75, 3.05) is 12.8 Å². The van der Waals surface area contributed by atoms with Gasteiger partial charge in [0, 0.05) is 13.0 Å². The minimum absolute atomic E-state index is 0.166. The molecule has 7 heteroatoms. The molecule has 0 N–H and O–H groups in total. The molecule has 0 saturated carbocycles. The van der Waals surface area contributed by atoms with Crippen LogP contribution in [-0.2, 0) is 23.0 Å². The fraction of sp³-hybridized carbons (Fsp3) is 0.750. The maximum atomic E-state index is 11.3. The van der Waals surface area contributed by atoms with Crippen LogP contribution in [-0.4, -0.2) is 35.7 Å². The molecule has 0 aromatic carbocycles. The summed E-state index contributed by atoms with van der Waals surface area (Å²) in [6.07, 6.45) is 1.81. The second kappa shape index (κ2) is 4.71. The molecule has 0 atom stereocenters. The third kappa shape index (κ3) is 3.28. The Morgan fingerprint density at radius 2 is 2.07 bits per heavy atom. The first-order chi connectivity index (χ1) is 6.97. The first-order valence-corrected chi connectivity index (χ1v) is 6.58. The van der Waals surface area contributed by atoms with Gasteiger partial charge in [-0.05, 0) is 0 Å². The predicted octanol–water partition coefficient (Wildman–Crippen LogP) is 0.413. The highest BCUT2D eigenvalue weighted by Crippen LogP contribution is 2.05. The molecule has 0 unspecified atom stereocenters. The summed E-state index contributed by atoms with van der Waals surface area (Å²) in [5.41, 5.74) is 0. The van der Waals surface area contributed by atoms with E-state index in [1.165, 1.54) is 4.31 Å². The van der Waals surface area contributed by atoms with Gasteiger partial charge < -0.3 is 4.52 Å². The molecular formula is C8H15N3O3S. The zero-order valence-electron chi connectivity index (χ0n) is 9.10. The molecule has 0 amide bonds. The standard InChI is InChI=1S/C8H15N3O3S/c1-4-8-9-7(10-14-8)6-11(5-2)15(3,12)13/h4-6H2,1-3H3. The first-order valence-electron chi connectivity index (χ1n) is 4.74. The Kier molecular flexibility index (Phi) is 3.81. The Balaban J connectivity index is 2.75. The Morgan fingerprint density at radius 1 is 1.40 bits per heavy atom. The highest BCUT2D eigenvalue weighted by atomic mass is 32.2. The topological polar surface area (TPSA) is 76.3 Å². The van der Waals surface area contributed by atoms with Crippen molar-refractivity contribution in [3.8, 4) is 0 Å². The highest BCUT2D eigenvalue weighted by Gasteiger charge is 2.17. The average molecular weight is 233 g/mol. The maximum absolute atomic E-state index is 11.3. The van der Waals surface area contributed by atoms with E-state index in [4.69, 9.17) is 4.52 Å². The van der Waals surface area contributed by atoms with Crippen molar-refractivity contribution < 1.29 is 12.9 Å². The molecule has 0 aliphatic rings. The van der Waals surface area contributed by atoms with Crippen LogP contribution in [0.5, 0.6) is 0 Å². The molecule has 0 aliphatic carbocycles.